The van der Waals surface area contributed by atoms with E-state index in [1.807, 2.05) is 6.92 Å². The van der Waals surface area contributed by atoms with Crippen molar-refractivity contribution in [2.75, 3.05) is 5.73 Å². The van der Waals surface area contributed by atoms with Crippen molar-refractivity contribution in [3.63, 3.8) is 0 Å². The van der Waals surface area contributed by atoms with Gasteiger partial charge >= 0.3 is 0 Å². The molecule has 0 fully saturated rings. The van der Waals surface area contributed by atoms with Crippen LogP contribution in [0.15, 0.2) is 46.7 Å². The lowest BCUT2D eigenvalue weighted by Gasteiger charge is -2.08. The second-order valence-electron chi connectivity index (χ2n) is 5.10. The van der Waals surface area contributed by atoms with Crippen LogP contribution in [0.25, 0.3) is 10.2 Å². The number of sulfonamides is 1. The Hall–Kier alpha value is -2.49. The highest BCUT2D eigenvalue weighted by molar-refractivity contribution is 7.89. The third kappa shape index (κ3) is 3.23. The van der Waals surface area contributed by atoms with E-state index in [9.17, 15) is 13.2 Å². The quantitative estimate of drug-likeness (QED) is 0.613. The van der Waals surface area contributed by atoms with Gasteiger partial charge in [0.1, 0.15) is 5.82 Å². The number of nitrogens with zero attached hydrogens (tertiary/aromatic N) is 1. The number of pyridine rings is 1. The molecule has 3 rings (SSSR count). The number of fused-ring (bicyclic) bond motifs is 1. The minimum absolute atomic E-state index is 0.0611. The Kier molecular flexibility index (Phi) is 4.22. The van der Waals surface area contributed by atoms with E-state index in [1.165, 1.54) is 23.5 Å². The molecule has 124 valence electrons. The first-order chi connectivity index (χ1) is 11.4. The van der Waals surface area contributed by atoms with Gasteiger partial charge in [-0.2, -0.15) is 0 Å². The number of rotatable bonds is 4. The summed E-state index contributed by atoms with van der Waals surface area (Å²) < 4.78 is 25.1. The first-order valence-electron chi connectivity index (χ1n) is 6.89. The second-order valence-corrected chi connectivity index (χ2v) is 7.70. The van der Waals surface area contributed by atoms with Crippen LogP contribution in [0.5, 0.6) is 0 Å². The molecule has 0 saturated carbocycles. The fourth-order valence-electron chi connectivity index (χ4n) is 2.05. The van der Waals surface area contributed by atoms with Crippen molar-refractivity contribution >= 4 is 43.3 Å². The fourth-order valence-corrected chi connectivity index (χ4v) is 3.76. The molecule has 0 aliphatic heterocycles. The zero-order valence-electron chi connectivity index (χ0n) is 12.6. The summed E-state index contributed by atoms with van der Waals surface area (Å²) >= 11 is 1.33. The largest absolute Gasteiger partial charge is 0.384 e. The molecule has 3 aromatic rings. The zero-order valence-corrected chi connectivity index (χ0v) is 14.2. The number of nitrogens with one attached hydrogen (secondary N) is 2. The summed E-state index contributed by atoms with van der Waals surface area (Å²) in [5.74, 6) is -0.315. The Balaban J connectivity index is 1.79. The Bertz CT molecular complexity index is 1010. The van der Waals surface area contributed by atoms with Crippen LogP contribution in [-0.2, 0) is 10.0 Å². The van der Waals surface area contributed by atoms with Crippen molar-refractivity contribution in [3.8, 4) is 0 Å². The number of hydrogen-bond donors (Lipinski definition) is 3. The molecule has 0 saturated heterocycles. The van der Waals surface area contributed by atoms with E-state index in [2.05, 4.69) is 15.2 Å². The van der Waals surface area contributed by atoms with E-state index in [4.69, 9.17) is 5.73 Å². The van der Waals surface area contributed by atoms with Crippen LogP contribution in [0, 0.1) is 6.92 Å². The molecule has 0 spiro atoms. The molecule has 0 aliphatic carbocycles. The number of carbonyl (C=O) groups is 1. The molecule has 7 nitrogen and oxygen atoms in total. The van der Waals surface area contributed by atoms with Gasteiger partial charge in [-0.05, 0) is 31.2 Å². The lowest BCUT2D eigenvalue weighted by molar-refractivity contribution is 0.0947. The fraction of sp³-hybridized carbons (Fsp3) is 0.0667. The number of carbonyl (C=O) groups excluding carboxylic acids is 1. The normalized spacial score (nSPS) is 11.5. The first-order valence-corrected chi connectivity index (χ1v) is 9.25. The van der Waals surface area contributed by atoms with Crippen molar-refractivity contribution in [2.45, 2.75) is 11.8 Å². The van der Waals surface area contributed by atoms with Crippen molar-refractivity contribution in [1.82, 2.24) is 15.2 Å². The molecule has 9 heteroatoms. The summed E-state index contributed by atoms with van der Waals surface area (Å²) in [7, 11) is -3.85. The van der Waals surface area contributed by atoms with E-state index >= 15 is 0 Å². The number of anilines is 1. The van der Waals surface area contributed by atoms with Crippen LogP contribution in [0.4, 0.5) is 5.82 Å². The van der Waals surface area contributed by atoms with Gasteiger partial charge in [0.15, 0.2) is 0 Å². The van der Waals surface area contributed by atoms with E-state index < -0.39 is 15.9 Å². The second kappa shape index (κ2) is 6.19. The van der Waals surface area contributed by atoms with Gasteiger partial charge in [-0.25, -0.2) is 13.4 Å². The highest BCUT2D eigenvalue weighted by Gasteiger charge is 2.18. The summed E-state index contributed by atoms with van der Waals surface area (Å²) in [4.78, 5) is 18.5. The predicted octanol–water partition coefficient (Wildman–Crippen LogP) is 1.81. The molecule has 2 heterocycles. The van der Waals surface area contributed by atoms with E-state index in [1.54, 1.807) is 29.6 Å². The zero-order chi connectivity index (χ0) is 17.3. The van der Waals surface area contributed by atoms with E-state index in [-0.39, 0.29) is 16.3 Å². The first kappa shape index (κ1) is 16.4. The molecule has 2 aromatic heterocycles. The summed E-state index contributed by atoms with van der Waals surface area (Å²) in [6.45, 7) is 1.85. The van der Waals surface area contributed by atoms with Crippen LogP contribution in [-0.4, -0.2) is 19.3 Å². The van der Waals surface area contributed by atoms with Crippen molar-refractivity contribution in [3.05, 3.63) is 52.9 Å². The maximum absolute atomic E-state index is 12.3. The number of aromatic nitrogens is 1. The molecule has 0 atom stereocenters. The van der Waals surface area contributed by atoms with E-state index in [0.29, 0.717) is 5.52 Å². The van der Waals surface area contributed by atoms with Gasteiger partial charge in [-0.3, -0.25) is 10.2 Å². The number of nitrogens with two attached hydrogens (primary N) is 1. The Morgan fingerprint density at radius 2 is 1.88 bits per heavy atom. The summed E-state index contributed by atoms with van der Waals surface area (Å²) in [5, 5.41) is 1.60. The number of nitrogen functional groups attached to an aromatic ring is 1. The Labute approximate surface area is 142 Å². The molecule has 0 aliphatic rings. The van der Waals surface area contributed by atoms with Crippen molar-refractivity contribution in [2.24, 2.45) is 0 Å². The average molecular weight is 362 g/mol. The Morgan fingerprint density at radius 3 is 2.58 bits per heavy atom. The summed E-state index contributed by atoms with van der Waals surface area (Å²) in [6, 6.07) is 9.68. The third-order valence-electron chi connectivity index (χ3n) is 3.31. The third-order valence-corrected chi connectivity index (χ3v) is 5.51. The SMILES string of the molecule is Cc1ccc(S(=O)(=O)NNC(=O)c2csc3ccc(N)nc23)cc1. The number of amides is 1. The average Bonchev–Trinajstić information content (AvgIpc) is 2.96. The Morgan fingerprint density at radius 1 is 1.17 bits per heavy atom. The maximum Gasteiger partial charge on any atom is 0.269 e. The summed E-state index contributed by atoms with van der Waals surface area (Å²) in [6.07, 6.45) is 0. The van der Waals surface area contributed by atoms with Crippen LogP contribution in [0.1, 0.15) is 15.9 Å². The molecule has 1 amide bonds. The molecule has 1 aromatic carbocycles. The molecule has 4 N–H and O–H groups in total. The van der Waals surface area contributed by atoms with Crippen molar-refractivity contribution in [1.29, 1.82) is 0 Å². The van der Waals surface area contributed by atoms with Gasteiger partial charge in [0.2, 0.25) is 0 Å². The molecular formula is C15H14N4O3S2. The number of benzene rings is 1. The lowest BCUT2D eigenvalue weighted by Crippen LogP contribution is -2.41. The van der Waals surface area contributed by atoms with Crippen LogP contribution in [0.3, 0.4) is 0 Å². The topological polar surface area (TPSA) is 114 Å². The highest BCUT2D eigenvalue weighted by Crippen LogP contribution is 2.25. The standard InChI is InChI=1S/C15H14N4O3S2/c1-9-2-4-10(5-3-9)24(21,22)19-18-15(20)11-8-23-12-6-7-13(16)17-14(11)12/h2-8,19H,1H3,(H2,16,17)(H,18,20). The minimum Gasteiger partial charge on any atom is -0.384 e. The van der Waals surface area contributed by atoms with Gasteiger partial charge in [0, 0.05) is 5.38 Å². The van der Waals surface area contributed by atoms with Gasteiger partial charge in [-0.1, -0.05) is 17.7 Å². The molecule has 24 heavy (non-hydrogen) atoms. The lowest BCUT2D eigenvalue weighted by atomic mass is 10.2. The van der Waals surface area contributed by atoms with Gasteiger partial charge < -0.3 is 5.73 Å². The van der Waals surface area contributed by atoms with Crippen LogP contribution in [0.2, 0.25) is 0 Å². The smallest absolute Gasteiger partial charge is 0.269 e. The molecule has 0 unspecified atom stereocenters. The molecule has 0 bridgehead atoms. The van der Waals surface area contributed by atoms with E-state index in [0.717, 1.165) is 10.3 Å². The van der Waals surface area contributed by atoms with Gasteiger partial charge in [0.25, 0.3) is 15.9 Å². The van der Waals surface area contributed by atoms with Gasteiger partial charge in [-0.15, -0.1) is 16.2 Å². The molecular weight excluding hydrogens is 348 g/mol. The number of hydrazine groups is 1. The predicted molar refractivity (Wildman–Crippen MR) is 93.0 cm³/mol. The number of hydrogen-bond acceptors (Lipinski definition) is 6. The van der Waals surface area contributed by atoms with Crippen LogP contribution < -0.4 is 16.0 Å². The molecule has 0 radical (unpaired) electrons. The minimum atomic E-state index is -3.85. The van der Waals surface area contributed by atoms with Gasteiger partial charge in [0.05, 0.1) is 20.7 Å². The number of aryl methyl sites for hydroxylation is 1. The number of thiophene rings is 1. The van der Waals surface area contributed by atoms with Crippen LogP contribution >= 0.6 is 11.3 Å². The maximum atomic E-state index is 12.3. The van der Waals surface area contributed by atoms with Crippen molar-refractivity contribution < 1.29 is 13.2 Å². The monoisotopic (exact) mass is 362 g/mol. The highest BCUT2D eigenvalue weighted by atomic mass is 32.2. The summed E-state index contributed by atoms with van der Waals surface area (Å²) in [5.41, 5.74) is 9.46.